The van der Waals surface area contributed by atoms with Crippen molar-refractivity contribution in [3.63, 3.8) is 0 Å². The van der Waals surface area contributed by atoms with Gasteiger partial charge in [0.1, 0.15) is 0 Å². The fraction of sp³-hybridized carbons (Fsp3) is 0.429. The molecule has 1 fully saturated rings. The quantitative estimate of drug-likeness (QED) is 0.828. The number of esters is 1. The number of carbonyl (C=O) groups excluding carboxylic acids is 2. The largest absolute Gasteiger partial charge is 0.465 e. The topological polar surface area (TPSA) is 72.6 Å². The van der Waals surface area contributed by atoms with Crippen LogP contribution in [0.25, 0.3) is 0 Å². The Balaban J connectivity index is 2.36. The monoisotopic (exact) mass is 262 g/mol. The first kappa shape index (κ1) is 13.5. The Bertz CT molecular complexity index is 513. The molecule has 1 aliphatic rings. The van der Waals surface area contributed by atoms with Gasteiger partial charge in [-0.05, 0) is 37.1 Å². The highest BCUT2D eigenvalue weighted by Gasteiger charge is 2.31. The summed E-state index contributed by atoms with van der Waals surface area (Å²) in [6.45, 7) is 2.93. The number of ether oxygens (including phenoxy) is 1. The first-order valence-corrected chi connectivity index (χ1v) is 6.26. The van der Waals surface area contributed by atoms with Gasteiger partial charge < -0.3 is 15.4 Å². The van der Waals surface area contributed by atoms with Crippen molar-refractivity contribution >= 4 is 17.6 Å². The Morgan fingerprint density at radius 2 is 2.26 bits per heavy atom. The van der Waals surface area contributed by atoms with Crippen molar-refractivity contribution in [1.29, 1.82) is 0 Å². The molecule has 1 heterocycles. The average Bonchev–Trinajstić information content (AvgIpc) is 2.79. The molecule has 1 aromatic rings. The number of hydrogen-bond acceptors (Lipinski definition) is 4. The Labute approximate surface area is 112 Å². The van der Waals surface area contributed by atoms with Crippen molar-refractivity contribution in [2.24, 2.45) is 11.7 Å². The van der Waals surface area contributed by atoms with Crippen LogP contribution in [0.15, 0.2) is 18.2 Å². The van der Waals surface area contributed by atoms with Crippen LogP contribution in [0.4, 0.5) is 5.69 Å². The summed E-state index contributed by atoms with van der Waals surface area (Å²) >= 11 is 0. The molecule has 0 radical (unpaired) electrons. The molecule has 0 aromatic heterocycles. The second kappa shape index (κ2) is 5.40. The zero-order valence-electron chi connectivity index (χ0n) is 11.2. The number of rotatable bonds is 3. The van der Waals surface area contributed by atoms with Gasteiger partial charge >= 0.3 is 5.97 Å². The average molecular weight is 262 g/mol. The Morgan fingerprint density at radius 3 is 2.84 bits per heavy atom. The minimum atomic E-state index is -0.388. The molecule has 2 rings (SSSR count). The zero-order valence-corrected chi connectivity index (χ0v) is 11.2. The highest BCUT2D eigenvalue weighted by atomic mass is 16.5. The van der Waals surface area contributed by atoms with Crippen molar-refractivity contribution in [3.8, 4) is 0 Å². The summed E-state index contributed by atoms with van der Waals surface area (Å²) in [7, 11) is 1.35. The molecule has 0 bridgehead atoms. The lowest BCUT2D eigenvalue weighted by molar-refractivity contribution is -0.117. The number of carbonyl (C=O) groups is 2. The summed E-state index contributed by atoms with van der Waals surface area (Å²) in [4.78, 5) is 25.4. The Kier molecular flexibility index (Phi) is 3.85. The number of nitrogens with two attached hydrogens (primary N) is 1. The maximum Gasteiger partial charge on any atom is 0.338 e. The number of methoxy groups -OCH3 is 1. The van der Waals surface area contributed by atoms with E-state index >= 15 is 0 Å². The maximum absolute atomic E-state index is 12.0. The van der Waals surface area contributed by atoms with Crippen LogP contribution in [0.5, 0.6) is 0 Å². The van der Waals surface area contributed by atoms with Gasteiger partial charge in [-0.1, -0.05) is 6.07 Å². The summed E-state index contributed by atoms with van der Waals surface area (Å²) in [6.07, 6.45) is 0.471. The van der Waals surface area contributed by atoms with E-state index < -0.39 is 0 Å². The van der Waals surface area contributed by atoms with Gasteiger partial charge in [0.05, 0.1) is 12.7 Å². The number of hydrogen-bond donors (Lipinski definition) is 1. The third kappa shape index (κ3) is 2.46. The van der Waals surface area contributed by atoms with Gasteiger partial charge in [-0.2, -0.15) is 0 Å². The number of anilines is 1. The van der Waals surface area contributed by atoms with E-state index in [0.29, 0.717) is 25.1 Å². The smallest absolute Gasteiger partial charge is 0.338 e. The second-order valence-electron chi connectivity index (χ2n) is 4.75. The standard InChI is InChI=1S/C14H18N2O3/c1-9-11(14(18)19-2)4-3-5-12(9)16-8-10(7-15)6-13(16)17/h3-5,10H,6-8,15H2,1-2H3. The first-order valence-electron chi connectivity index (χ1n) is 6.26. The van der Waals surface area contributed by atoms with Gasteiger partial charge in [-0.15, -0.1) is 0 Å². The predicted octanol–water partition coefficient (Wildman–Crippen LogP) is 1.09. The molecule has 1 aliphatic heterocycles. The van der Waals surface area contributed by atoms with Crippen LogP contribution in [0, 0.1) is 12.8 Å². The molecular formula is C14H18N2O3. The van der Waals surface area contributed by atoms with Crippen LogP contribution in [-0.4, -0.2) is 32.1 Å². The van der Waals surface area contributed by atoms with Crippen LogP contribution in [0.3, 0.4) is 0 Å². The van der Waals surface area contributed by atoms with Crippen molar-refractivity contribution < 1.29 is 14.3 Å². The molecule has 1 atom stereocenters. The highest BCUT2D eigenvalue weighted by Crippen LogP contribution is 2.29. The van der Waals surface area contributed by atoms with E-state index in [1.807, 2.05) is 13.0 Å². The first-order chi connectivity index (χ1) is 9.08. The molecule has 1 unspecified atom stereocenters. The van der Waals surface area contributed by atoms with Gasteiger partial charge in [0.2, 0.25) is 5.91 Å². The van der Waals surface area contributed by atoms with Gasteiger partial charge in [-0.25, -0.2) is 4.79 Å². The van der Waals surface area contributed by atoms with Crippen molar-refractivity contribution in [2.45, 2.75) is 13.3 Å². The molecule has 102 valence electrons. The molecule has 1 saturated heterocycles. The minimum absolute atomic E-state index is 0.0561. The summed E-state index contributed by atoms with van der Waals surface area (Å²) in [5, 5.41) is 0. The van der Waals surface area contributed by atoms with Crippen LogP contribution >= 0.6 is 0 Å². The van der Waals surface area contributed by atoms with E-state index in [-0.39, 0.29) is 17.8 Å². The molecule has 19 heavy (non-hydrogen) atoms. The second-order valence-corrected chi connectivity index (χ2v) is 4.75. The van der Waals surface area contributed by atoms with Crippen molar-refractivity contribution in [2.75, 3.05) is 25.1 Å². The molecule has 2 N–H and O–H groups in total. The molecule has 0 spiro atoms. The molecule has 5 heteroatoms. The van der Waals surface area contributed by atoms with Gasteiger partial charge in [-0.3, -0.25) is 4.79 Å². The number of nitrogens with zero attached hydrogens (tertiary/aromatic N) is 1. The van der Waals surface area contributed by atoms with Crippen LogP contribution < -0.4 is 10.6 Å². The molecule has 0 aliphatic carbocycles. The SMILES string of the molecule is COC(=O)c1cccc(N2CC(CN)CC2=O)c1C. The number of benzene rings is 1. The number of amides is 1. The lowest BCUT2D eigenvalue weighted by Gasteiger charge is -2.20. The van der Waals surface area contributed by atoms with E-state index in [4.69, 9.17) is 10.5 Å². The van der Waals surface area contributed by atoms with E-state index in [1.165, 1.54) is 7.11 Å². The molecular weight excluding hydrogens is 244 g/mol. The molecule has 5 nitrogen and oxygen atoms in total. The third-order valence-corrected chi connectivity index (χ3v) is 3.54. The fourth-order valence-corrected chi connectivity index (χ4v) is 2.42. The van der Waals surface area contributed by atoms with E-state index in [2.05, 4.69) is 0 Å². The van der Waals surface area contributed by atoms with Gasteiger partial charge in [0, 0.05) is 18.7 Å². The predicted molar refractivity (Wildman–Crippen MR) is 72.0 cm³/mol. The summed E-state index contributed by atoms with van der Waals surface area (Å²) in [5.74, 6) is -0.143. The van der Waals surface area contributed by atoms with E-state index in [1.54, 1.807) is 17.0 Å². The summed E-state index contributed by atoms with van der Waals surface area (Å²) < 4.78 is 4.74. The van der Waals surface area contributed by atoms with Crippen LogP contribution in [0.1, 0.15) is 22.3 Å². The summed E-state index contributed by atoms with van der Waals surface area (Å²) in [5.41, 5.74) is 7.64. The summed E-state index contributed by atoms with van der Waals surface area (Å²) in [6, 6.07) is 5.31. The lowest BCUT2D eigenvalue weighted by atomic mass is 10.1. The Morgan fingerprint density at radius 1 is 1.53 bits per heavy atom. The maximum atomic E-state index is 12.0. The van der Waals surface area contributed by atoms with E-state index in [0.717, 1.165) is 11.3 Å². The van der Waals surface area contributed by atoms with E-state index in [9.17, 15) is 9.59 Å². The van der Waals surface area contributed by atoms with Crippen molar-refractivity contribution in [1.82, 2.24) is 0 Å². The molecule has 1 amide bonds. The Hall–Kier alpha value is -1.88. The normalized spacial score (nSPS) is 18.8. The molecule has 1 aromatic carbocycles. The lowest BCUT2D eigenvalue weighted by Crippen LogP contribution is -2.27. The van der Waals surface area contributed by atoms with Gasteiger partial charge in [0.25, 0.3) is 0 Å². The van der Waals surface area contributed by atoms with Gasteiger partial charge in [0.15, 0.2) is 0 Å². The highest BCUT2D eigenvalue weighted by molar-refractivity contribution is 5.99. The van der Waals surface area contributed by atoms with Crippen LogP contribution in [0.2, 0.25) is 0 Å². The molecule has 0 saturated carbocycles. The fourth-order valence-electron chi connectivity index (χ4n) is 2.42. The van der Waals surface area contributed by atoms with Crippen LogP contribution in [-0.2, 0) is 9.53 Å². The zero-order chi connectivity index (χ0) is 14.0. The third-order valence-electron chi connectivity index (χ3n) is 3.54. The van der Waals surface area contributed by atoms with Crippen molar-refractivity contribution in [3.05, 3.63) is 29.3 Å². The minimum Gasteiger partial charge on any atom is -0.465 e.